The largest absolute Gasteiger partial charge is 0.457 e. The van der Waals surface area contributed by atoms with Crippen LogP contribution < -0.4 is 0 Å². The highest BCUT2D eigenvalue weighted by atomic mass is 19.1. The predicted molar refractivity (Wildman–Crippen MR) is 107 cm³/mol. The fourth-order valence-electron chi connectivity index (χ4n) is 2.68. The highest BCUT2D eigenvalue weighted by Gasteiger charge is 2.25. The molecule has 2 aromatic carbocycles. The first-order chi connectivity index (χ1) is 14.0. The maximum Gasteiger partial charge on any atom is 0.332 e. The first kappa shape index (κ1) is 20.1. The minimum Gasteiger partial charge on any atom is -0.457 e. The Balaban J connectivity index is 1.73. The number of hydrogen-bond donors (Lipinski definition) is 0. The minimum atomic E-state index is -1.05. The fraction of sp³-hybridized carbons (Fsp3) is 0.130. The maximum absolute atomic E-state index is 13.9. The number of esters is 1. The van der Waals surface area contributed by atoms with Gasteiger partial charge in [-0.1, -0.05) is 42.5 Å². The lowest BCUT2D eigenvalue weighted by Crippen LogP contribution is -2.30. The van der Waals surface area contributed by atoms with E-state index in [9.17, 15) is 14.0 Å². The summed E-state index contributed by atoms with van der Waals surface area (Å²) in [5, 5.41) is 0. The summed E-state index contributed by atoms with van der Waals surface area (Å²) in [6, 6.07) is 18.3. The van der Waals surface area contributed by atoms with Crippen molar-refractivity contribution in [2.45, 2.75) is 6.10 Å². The predicted octanol–water partition coefficient (Wildman–Crippen LogP) is 4.47. The van der Waals surface area contributed by atoms with Gasteiger partial charge in [-0.25, -0.2) is 9.18 Å². The Morgan fingerprint density at radius 1 is 1.00 bits per heavy atom. The molecule has 0 aliphatic rings. The minimum absolute atomic E-state index is 0.329. The summed E-state index contributed by atoms with van der Waals surface area (Å²) in [5.74, 6) is -0.739. The number of likely N-dealkylation sites (N-methyl/N-ethyl adjacent to an activating group) is 1. The van der Waals surface area contributed by atoms with Gasteiger partial charge < -0.3 is 14.1 Å². The molecule has 6 heteroatoms. The molecule has 0 radical (unpaired) electrons. The van der Waals surface area contributed by atoms with E-state index >= 15 is 0 Å². The van der Waals surface area contributed by atoms with Crippen molar-refractivity contribution in [3.8, 4) is 11.3 Å². The van der Waals surface area contributed by atoms with Crippen molar-refractivity contribution in [3.05, 3.63) is 89.9 Å². The van der Waals surface area contributed by atoms with E-state index < -0.39 is 17.9 Å². The lowest BCUT2D eigenvalue weighted by molar-refractivity contribution is -0.155. The lowest BCUT2D eigenvalue weighted by atomic mass is 10.1. The van der Waals surface area contributed by atoms with Crippen molar-refractivity contribution < 1.29 is 23.1 Å². The summed E-state index contributed by atoms with van der Waals surface area (Å²) in [6.45, 7) is 0. The molecule has 3 rings (SSSR count). The molecule has 0 N–H and O–H groups in total. The molecular weight excluding hydrogens is 373 g/mol. The Hall–Kier alpha value is -3.67. The van der Waals surface area contributed by atoms with Gasteiger partial charge in [0.05, 0.1) is 5.56 Å². The van der Waals surface area contributed by atoms with Gasteiger partial charge in [-0.3, -0.25) is 4.79 Å². The first-order valence-corrected chi connectivity index (χ1v) is 8.95. The van der Waals surface area contributed by atoms with Gasteiger partial charge in [0.15, 0.2) is 0 Å². The van der Waals surface area contributed by atoms with E-state index in [1.54, 1.807) is 68.7 Å². The average Bonchev–Trinajstić information content (AvgIpc) is 3.19. The molecule has 0 spiro atoms. The van der Waals surface area contributed by atoms with Crippen LogP contribution in [0, 0.1) is 5.82 Å². The number of furan rings is 1. The number of halogens is 1. The van der Waals surface area contributed by atoms with Gasteiger partial charge in [0.25, 0.3) is 5.91 Å². The van der Waals surface area contributed by atoms with E-state index in [1.807, 2.05) is 6.07 Å². The van der Waals surface area contributed by atoms with Gasteiger partial charge in [0.2, 0.25) is 6.10 Å². The summed E-state index contributed by atoms with van der Waals surface area (Å²) in [4.78, 5) is 26.1. The fourth-order valence-corrected chi connectivity index (χ4v) is 2.68. The number of carbonyl (C=O) groups is 2. The SMILES string of the molecule is CN(C)C(=O)[C@@H](OC(=O)/C=C/c1ccc(-c2ccccc2F)o1)c1ccccc1. The zero-order valence-corrected chi connectivity index (χ0v) is 16.0. The number of rotatable bonds is 6. The molecule has 148 valence electrons. The molecule has 0 aliphatic carbocycles. The summed E-state index contributed by atoms with van der Waals surface area (Å²) >= 11 is 0. The molecule has 0 unspecified atom stereocenters. The number of carbonyl (C=O) groups excluding carboxylic acids is 2. The Morgan fingerprint density at radius 2 is 1.69 bits per heavy atom. The van der Waals surface area contributed by atoms with E-state index in [0.29, 0.717) is 22.6 Å². The van der Waals surface area contributed by atoms with Crippen molar-refractivity contribution in [3.63, 3.8) is 0 Å². The number of ether oxygens (including phenoxy) is 1. The molecular formula is C23H20FNO4. The normalized spacial score (nSPS) is 12.0. The zero-order valence-electron chi connectivity index (χ0n) is 16.0. The molecule has 0 saturated heterocycles. The van der Waals surface area contributed by atoms with Gasteiger partial charge in [-0.15, -0.1) is 0 Å². The van der Waals surface area contributed by atoms with Crippen molar-refractivity contribution in [2.24, 2.45) is 0 Å². The van der Waals surface area contributed by atoms with Crippen molar-refractivity contribution in [1.29, 1.82) is 0 Å². The standard InChI is InChI=1S/C23H20FNO4/c1-25(2)23(27)22(16-8-4-3-5-9-16)29-21(26)15-13-17-12-14-20(28-17)18-10-6-7-11-19(18)24/h3-15,22H,1-2H3/b15-13+/t22-/m0/s1. The second-order valence-corrected chi connectivity index (χ2v) is 6.48. The van der Waals surface area contributed by atoms with E-state index in [0.717, 1.165) is 0 Å². The van der Waals surface area contributed by atoms with E-state index in [-0.39, 0.29) is 5.91 Å². The molecule has 0 fully saturated rings. The molecule has 29 heavy (non-hydrogen) atoms. The Morgan fingerprint density at radius 3 is 2.38 bits per heavy atom. The van der Waals surface area contributed by atoms with Gasteiger partial charge in [-0.2, -0.15) is 0 Å². The highest BCUT2D eigenvalue weighted by molar-refractivity contribution is 5.90. The molecule has 1 atom stereocenters. The van der Waals surface area contributed by atoms with Crippen LogP contribution in [-0.2, 0) is 14.3 Å². The van der Waals surface area contributed by atoms with Crippen LogP contribution in [0.1, 0.15) is 17.4 Å². The van der Waals surface area contributed by atoms with Crippen molar-refractivity contribution >= 4 is 18.0 Å². The van der Waals surface area contributed by atoms with Gasteiger partial charge in [-0.05, 0) is 30.3 Å². The van der Waals surface area contributed by atoms with E-state index in [1.165, 1.54) is 23.1 Å². The highest BCUT2D eigenvalue weighted by Crippen LogP contribution is 2.25. The summed E-state index contributed by atoms with van der Waals surface area (Å²) in [5.41, 5.74) is 0.906. The Kier molecular flexibility index (Phi) is 6.24. The quantitative estimate of drug-likeness (QED) is 0.458. The van der Waals surface area contributed by atoms with Gasteiger partial charge in [0.1, 0.15) is 17.3 Å². The second-order valence-electron chi connectivity index (χ2n) is 6.48. The number of hydrogen-bond acceptors (Lipinski definition) is 4. The van der Waals surface area contributed by atoms with Crippen molar-refractivity contribution in [2.75, 3.05) is 14.1 Å². The van der Waals surface area contributed by atoms with Crippen LogP contribution in [-0.4, -0.2) is 30.9 Å². The lowest BCUT2D eigenvalue weighted by Gasteiger charge is -2.20. The Labute approximate surface area is 168 Å². The van der Waals surface area contributed by atoms with Crippen LogP contribution in [0.5, 0.6) is 0 Å². The topological polar surface area (TPSA) is 59.8 Å². The summed E-state index contributed by atoms with van der Waals surface area (Å²) in [6.07, 6.45) is 1.53. The number of amides is 1. The third-order valence-corrected chi connectivity index (χ3v) is 4.15. The molecule has 5 nitrogen and oxygen atoms in total. The van der Waals surface area contributed by atoms with Crippen LogP contribution in [0.4, 0.5) is 4.39 Å². The van der Waals surface area contributed by atoms with E-state index in [4.69, 9.17) is 9.15 Å². The molecule has 1 heterocycles. The van der Waals surface area contributed by atoms with Gasteiger partial charge in [0, 0.05) is 25.7 Å². The summed E-state index contributed by atoms with van der Waals surface area (Å²) in [7, 11) is 3.18. The molecule has 1 aromatic heterocycles. The van der Waals surface area contributed by atoms with Crippen LogP contribution in [0.15, 0.2) is 77.2 Å². The average molecular weight is 393 g/mol. The molecule has 0 aliphatic heterocycles. The Bertz CT molecular complexity index is 1020. The molecule has 3 aromatic rings. The zero-order chi connectivity index (χ0) is 20.8. The monoisotopic (exact) mass is 393 g/mol. The van der Waals surface area contributed by atoms with Crippen LogP contribution in [0.3, 0.4) is 0 Å². The molecule has 0 bridgehead atoms. The van der Waals surface area contributed by atoms with Crippen LogP contribution in [0.25, 0.3) is 17.4 Å². The van der Waals surface area contributed by atoms with Crippen LogP contribution >= 0.6 is 0 Å². The maximum atomic E-state index is 13.9. The second kappa shape index (κ2) is 9.01. The third-order valence-electron chi connectivity index (χ3n) is 4.15. The molecule has 1 amide bonds. The van der Waals surface area contributed by atoms with Crippen molar-refractivity contribution in [1.82, 2.24) is 4.90 Å². The van der Waals surface area contributed by atoms with Gasteiger partial charge >= 0.3 is 5.97 Å². The van der Waals surface area contributed by atoms with E-state index in [2.05, 4.69) is 0 Å². The number of nitrogens with zero attached hydrogens (tertiary/aromatic N) is 1. The number of benzene rings is 2. The summed E-state index contributed by atoms with van der Waals surface area (Å²) < 4.78 is 24.8. The molecule has 0 saturated carbocycles. The van der Waals surface area contributed by atoms with Crippen LogP contribution in [0.2, 0.25) is 0 Å². The smallest absolute Gasteiger partial charge is 0.332 e. The first-order valence-electron chi connectivity index (χ1n) is 8.95. The third kappa shape index (κ3) is 4.99.